The van der Waals surface area contributed by atoms with Crippen molar-refractivity contribution in [3.63, 3.8) is 0 Å². The van der Waals surface area contributed by atoms with Crippen molar-refractivity contribution in [2.45, 2.75) is 13.2 Å². The maximum atomic E-state index is 12.2. The van der Waals surface area contributed by atoms with E-state index < -0.39 is 5.97 Å². The van der Waals surface area contributed by atoms with Gasteiger partial charge in [-0.3, -0.25) is 0 Å². The van der Waals surface area contributed by atoms with Gasteiger partial charge in [0, 0.05) is 0 Å². The molecule has 3 aromatic carbocycles. The third-order valence-electron chi connectivity index (χ3n) is 4.15. The molecule has 0 unspecified atom stereocenters. The lowest BCUT2D eigenvalue weighted by Gasteiger charge is -2.18. The molecule has 0 N–H and O–H groups in total. The summed E-state index contributed by atoms with van der Waals surface area (Å²) in [6, 6.07) is 22.8. The van der Waals surface area contributed by atoms with Crippen molar-refractivity contribution >= 4 is 5.97 Å². The molecule has 5 heteroatoms. The molecule has 3 aromatic rings. The van der Waals surface area contributed by atoms with E-state index in [0.29, 0.717) is 23.9 Å². The minimum atomic E-state index is -0.504. The number of carbonyl (C=O) groups is 1. The van der Waals surface area contributed by atoms with Crippen molar-refractivity contribution in [1.29, 1.82) is 0 Å². The van der Waals surface area contributed by atoms with Crippen LogP contribution in [0.5, 0.6) is 17.2 Å². The maximum absolute atomic E-state index is 12.2. The predicted octanol–water partition coefficient (Wildman–Crippen LogP) is 4.64. The van der Waals surface area contributed by atoms with Gasteiger partial charge in [0.1, 0.15) is 18.8 Å². The van der Waals surface area contributed by atoms with Crippen molar-refractivity contribution in [2.24, 2.45) is 0 Å². The van der Waals surface area contributed by atoms with Crippen LogP contribution in [-0.4, -0.2) is 20.2 Å². The molecular weight excluding hydrogens is 356 g/mol. The molecule has 5 nitrogen and oxygen atoms in total. The van der Waals surface area contributed by atoms with Crippen LogP contribution in [-0.2, 0) is 18.0 Å². The van der Waals surface area contributed by atoms with Gasteiger partial charge >= 0.3 is 5.97 Å². The van der Waals surface area contributed by atoms with Crippen LogP contribution in [0.2, 0.25) is 0 Å². The second-order valence-electron chi connectivity index (χ2n) is 6.01. The lowest BCUT2D eigenvalue weighted by Crippen LogP contribution is -2.08. The number of ether oxygens (including phenoxy) is 4. The van der Waals surface area contributed by atoms with E-state index in [4.69, 9.17) is 18.9 Å². The second kappa shape index (κ2) is 9.46. The maximum Gasteiger partial charge on any atom is 0.341 e. The molecule has 0 atom stereocenters. The number of benzene rings is 3. The zero-order valence-electron chi connectivity index (χ0n) is 15.9. The first-order chi connectivity index (χ1) is 13.7. The van der Waals surface area contributed by atoms with Crippen LogP contribution in [0.4, 0.5) is 0 Å². The van der Waals surface area contributed by atoms with Gasteiger partial charge in [0.2, 0.25) is 5.75 Å². The van der Waals surface area contributed by atoms with Crippen molar-refractivity contribution < 1.29 is 23.7 Å². The van der Waals surface area contributed by atoms with E-state index in [-0.39, 0.29) is 12.2 Å². The van der Waals surface area contributed by atoms with E-state index in [1.807, 2.05) is 60.7 Å². The number of rotatable bonds is 8. The standard InChI is InChI=1S/C23H22O5/c1-25-22-20(27-15-17-9-5-3-6-10-17)14-13-19(23(24)26-2)21(22)28-16-18-11-7-4-8-12-18/h3-14H,15-16H2,1-2H3. The Morgan fingerprint density at radius 3 is 1.82 bits per heavy atom. The largest absolute Gasteiger partial charge is 0.490 e. The third-order valence-corrected chi connectivity index (χ3v) is 4.15. The average molecular weight is 378 g/mol. The number of hydrogen-bond donors (Lipinski definition) is 0. The third kappa shape index (κ3) is 4.62. The van der Waals surface area contributed by atoms with E-state index in [9.17, 15) is 4.79 Å². The second-order valence-corrected chi connectivity index (χ2v) is 6.01. The Morgan fingerprint density at radius 1 is 0.714 bits per heavy atom. The molecule has 0 heterocycles. The molecule has 0 bridgehead atoms. The SMILES string of the molecule is COC(=O)c1ccc(OCc2ccccc2)c(OC)c1OCc1ccccc1. The minimum absolute atomic E-state index is 0.280. The highest BCUT2D eigenvalue weighted by Gasteiger charge is 2.22. The highest BCUT2D eigenvalue weighted by atomic mass is 16.5. The molecule has 0 radical (unpaired) electrons. The van der Waals surface area contributed by atoms with Crippen molar-refractivity contribution in [1.82, 2.24) is 0 Å². The lowest BCUT2D eigenvalue weighted by atomic mass is 10.1. The minimum Gasteiger partial charge on any atom is -0.490 e. The van der Waals surface area contributed by atoms with Crippen LogP contribution in [0.3, 0.4) is 0 Å². The Morgan fingerprint density at radius 2 is 1.29 bits per heavy atom. The van der Waals surface area contributed by atoms with E-state index >= 15 is 0 Å². The van der Waals surface area contributed by atoms with Crippen LogP contribution in [0.25, 0.3) is 0 Å². The van der Waals surface area contributed by atoms with Gasteiger partial charge in [-0.25, -0.2) is 4.79 Å². The number of esters is 1. The molecule has 0 aromatic heterocycles. The van der Waals surface area contributed by atoms with Crippen LogP contribution in [0.1, 0.15) is 21.5 Å². The molecule has 0 aliphatic heterocycles. The molecular formula is C23H22O5. The zero-order chi connectivity index (χ0) is 19.8. The predicted molar refractivity (Wildman–Crippen MR) is 106 cm³/mol. The van der Waals surface area contributed by atoms with Gasteiger partial charge < -0.3 is 18.9 Å². The van der Waals surface area contributed by atoms with Gasteiger partial charge in [-0.1, -0.05) is 60.7 Å². The summed E-state index contributed by atoms with van der Waals surface area (Å²) in [5.74, 6) is 0.636. The first-order valence-corrected chi connectivity index (χ1v) is 8.85. The van der Waals surface area contributed by atoms with Crippen LogP contribution in [0, 0.1) is 0 Å². The summed E-state index contributed by atoms with van der Waals surface area (Å²) >= 11 is 0. The quantitative estimate of drug-likeness (QED) is 0.535. The van der Waals surface area contributed by atoms with Crippen molar-refractivity contribution in [2.75, 3.05) is 14.2 Å². The molecule has 0 spiro atoms. The first-order valence-electron chi connectivity index (χ1n) is 8.85. The Balaban J connectivity index is 1.89. The Bertz CT molecular complexity index is 907. The molecule has 0 aliphatic rings. The van der Waals surface area contributed by atoms with Crippen LogP contribution < -0.4 is 14.2 Å². The van der Waals surface area contributed by atoms with Gasteiger partial charge in [-0.05, 0) is 23.3 Å². The molecule has 144 valence electrons. The summed E-state index contributed by atoms with van der Waals surface area (Å²) in [4.78, 5) is 12.2. The Labute approximate surface area is 164 Å². The topological polar surface area (TPSA) is 54.0 Å². The molecule has 3 rings (SSSR count). The summed E-state index contributed by atoms with van der Waals surface area (Å²) in [7, 11) is 2.84. The molecule has 28 heavy (non-hydrogen) atoms. The lowest BCUT2D eigenvalue weighted by molar-refractivity contribution is 0.0594. The van der Waals surface area contributed by atoms with E-state index in [0.717, 1.165) is 11.1 Å². The smallest absolute Gasteiger partial charge is 0.341 e. The van der Waals surface area contributed by atoms with E-state index in [1.54, 1.807) is 12.1 Å². The fraction of sp³-hybridized carbons (Fsp3) is 0.174. The summed E-state index contributed by atoms with van der Waals surface area (Å²) in [5.41, 5.74) is 2.27. The Kier molecular flexibility index (Phi) is 6.52. The van der Waals surface area contributed by atoms with E-state index in [1.165, 1.54) is 14.2 Å². The molecule has 0 saturated carbocycles. The van der Waals surface area contributed by atoms with Crippen molar-refractivity contribution in [3.05, 3.63) is 89.5 Å². The van der Waals surface area contributed by atoms with Crippen LogP contribution in [0.15, 0.2) is 72.8 Å². The number of hydrogen-bond acceptors (Lipinski definition) is 5. The van der Waals surface area contributed by atoms with Gasteiger partial charge in [0.15, 0.2) is 11.5 Å². The zero-order valence-corrected chi connectivity index (χ0v) is 15.9. The fourth-order valence-electron chi connectivity index (χ4n) is 2.73. The highest BCUT2D eigenvalue weighted by molar-refractivity contribution is 5.94. The average Bonchev–Trinajstić information content (AvgIpc) is 2.76. The number of carbonyl (C=O) groups excluding carboxylic acids is 1. The summed E-state index contributed by atoms with van der Waals surface area (Å²) in [6.45, 7) is 0.649. The first kappa shape index (κ1) is 19.3. The van der Waals surface area contributed by atoms with E-state index in [2.05, 4.69) is 0 Å². The van der Waals surface area contributed by atoms with Crippen LogP contribution >= 0.6 is 0 Å². The molecule has 0 aliphatic carbocycles. The number of methoxy groups -OCH3 is 2. The molecule has 0 fully saturated rings. The molecule has 0 amide bonds. The molecule has 0 saturated heterocycles. The van der Waals surface area contributed by atoms with Gasteiger partial charge in [-0.2, -0.15) is 0 Å². The van der Waals surface area contributed by atoms with Gasteiger partial charge in [0.25, 0.3) is 0 Å². The van der Waals surface area contributed by atoms with Crippen molar-refractivity contribution in [3.8, 4) is 17.2 Å². The normalized spacial score (nSPS) is 10.2. The summed E-state index contributed by atoms with van der Waals surface area (Å²) in [5, 5.41) is 0. The summed E-state index contributed by atoms with van der Waals surface area (Å²) < 4.78 is 22.3. The fourth-order valence-corrected chi connectivity index (χ4v) is 2.73. The highest BCUT2D eigenvalue weighted by Crippen LogP contribution is 2.41. The van der Waals surface area contributed by atoms with Gasteiger partial charge in [-0.15, -0.1) is 0 Å². The van der Waals surface area contributed by atoms with Gasteiger partial charge in [0.05, 0.1) is 14.2 Å². The Hall–Kier alpha value is -3.47. The summed E-state index contributed by atoms with van der Waals surface area (Å²) in [6.07, 6.45) is 0. The monoisotopic (exact) mass is 378 g/mol.